The Hall–Kier alpha value is -4.80. The van der Waals surface area contributed by atoms with Crippen molar-refractivity contribution in [2.24, 2.45) is 0 Å². The fourth-order valence-electron chi connectivity index (χ4n) is 6.79. The first-order chi connectivity index (χ1) is 19.7. The van der Waals surface area contributed by atoms with Crippen molar-refractivity contribution in [2.75, 3.05) is 10.6 Å². The lowest BCUT2D eigenvalue weighted by Gasteiger charge is -2.31. The topological polar surface area (TPSA) is 42.4 Å². The van der Waals surface area contributed by atoms with E-state index in [0.29, 0.717) is 0 Å². The fraction of sp³-hybridized carbons (Fsp3) is 0.0556. The van der Waals surface area contributed by atoms with Crippen LogP contribution in [-0.4, -0.2) is 6.04 Å². The molecule has 0 radical (unpaired) electrons. The van der Waals surface area contributed by atoms with Crippen molar-refractivity contribution >= 4 is 70.5 Å². The molecular formula is C36H24N2OS. The lowest BCUT2D eigenvalue weighted by Crippen LogP contribution is -2.29. The molecule has 0 saturated heterocycles. The van der Waals surface area contributed by atoms with Gasteiger partial charge in [-0.05, 0) is 59.7 Å². The summed E-state index contributed by atoms with van der Waals surface area (Å²) in [6.07, 6.45) is 9.07. The van der Waals surface area contributed by atoms with Gasteiger partial charge in [-0.1, -0.05) is 72.8 Å². The first-order valence-electron chi connectivity index (χ1n) is 13.6. The number of para-hydroxylation sites is 1. The number of allylic oxidation sites excluding steroid dienone is 2. The van der Waals surface area contributed by atoms with Gasteiger partial charge in [0.2, 0.25) is 0 Å². The molecule has 9 rings (SSSR count). The van der Waals surface area contributed by atoms with Crippen molar-refractivity contribution in [3.05, 3.63) is 127 Å². The molecule has 0 fully saturated rings. The van der Waals surface area contributed by atoms with Crippen LogP contribution in [-0.2, 0) is 0 Å². The highest BCUT2D eigenvalue weighted by Gasteiger charge is 2.40. The van der Waals surface area contributed by atoms with Gasteiger partial charge in [0.05, 0.1) is 11.7 Å². The zero-order valence-electron chi connectivity index (χ0n) is 21.5. The van der Waals surface area contributed by atoms with Crippen LogP contribution in [0.15, 0.2) is 126 Å². The van der Waals surface area contributed by atoms with Gasteiger partial charge in [-0.3, -0.25) is 0 Å². The number of furan rings is 1. The molecule has 2 N–H and O–H groups in total. The Kier molecular flexibility index (Phi) is 4.47. The molecule has 0 amide bonds. The Morgan fingerprint density at radius 2 is 1.52 bits per heavy atom. The maximum absolute atomic E-state index is 6.46. The van der Waals surface area contributed by atoms with E-state index in [2.05, 4.69) is 108 Å². The molecule has 1 aliphatic heterocycles. The van der Waals surface area contributed by atoms with Crippen LogP contribution in [0.3, 0.4) is 0 Å². The van der Waals surface area contributed by atoms with Crippen LogP contribution >= 0.6 is 11.3 Å². The fourth-order valence-corrected chi connectivity index (χ4v) is 7.90. The molecule has 3 heterocycles. The number of nitrogens with two attached hydrogens (primary N) is 1. The van der Waals surface area contributed by atoms with Crippen LogP contribution in [0.1, 0.15) is 11.5 Å². The van der Waals surface area contributed by atoms with Crippen molar-refractivity contribution in [1.29, 1.82) is 0 Å². The van der Waals surface area contributed by atoms with E-state index < -0.39 is 0 Å². The molecule has 7 aromatic rings. The van der Waals surface area contributed by atoms with Crippen LogP contribution in [0.25, 0.3) is 53.2 Å². The van der Waals surface area contributed by atoms with E-state index in [1.807, 2.05) is 29.5 Å². The molecule has 0 spiro atoms. The lowest BCUT2D eigenvalue weighted by molar-refractivity contribution is 0.669. The van der Waals surface area contributed by atoms with Gasteiger partial charge in [0, 0.05) is 53.8 Å². The summed E-state index contributed by atoms with van der Waals surface area (Å²) in [6.45, 7) is 0. The molecule has 0 bridgehead atoms. The Balaban J connectivity index is 1.34. The van der Waals surface area contributed by atoms with E-state index in [1.165, 1.54) is 31.4 Å². The van der Waals surface area contributed by atoms with E-state index in [0.717, 1.165) is 44.4 Å². The number of fused-ring (bicyclic) bond motifs is 10. The predicted octanol–water partition coefficient (Wildman–Crippen LogP) is 9.93. The largest absolute Gasteiger partial charge is 0.456 e. The minimum absolute atomic E-state index is 0.185. The summed E-state index contributed by atoms with van der Waals surface area (Å²) in [5.41, 5.74) is 15.1. The maximum Gasteiger partial charge on any atom is 0.135 e. The molecule has 0 saturated carbocycles. The number of hydrogen-bond donors (Lipinski definition) is 1. The van der Waals surface area contributed by atoms with Gasteiger partial charge in [0.1, 0.15) is 11.2 Å². The third-order valence-electron chi connectivity index (χ3n) is 8.52. The van der Waals surface area contributed by atoms with Crippen molar-refractivity contribution in [3.8, 4) is 11.1 Å². The SMILES string of the molecule is Nc1ccc(N2c3c(ccc4sc5ccccc5c34)C3C=CC=CC32)c(-c2ccc3oc4ccccc4c3c2)c1. The number of thiophene rings is 1. The second-order valence-electron chi connectivity index (χ2n) is 10.7. The number of hydrogen-bond acceptors (Lipinski definition) is 4. The molecule has 190 valence electrons. The van der Waals surface area contributed by atoms with Gasteiger partial charge in [-0.25, -0.2) is 0 Å². The third-order valence-corrected chi connectivity index (χ3v) is 9.66. The summed E-state index contributed by atoms with van der Waals surface area (Å²) in [4.78, 5) is 2.56. The van der Waals surface area contributed by atoms with Crippen LogP contribution in [0.2, 0.25) is 0 Å². The number of rotatable bonds is 2. The van der Waals surface area contributed by atoms with E-state index >= 15 is 0 Å². The van der Waals surface area contributed by atoms with Crippen LogP contribution in [0, 0.1) is 0 Å². The molecule has 5 aromatic carbocycles. The molecule has 3 nitrogen and oxygen atoms in total. The summed E-state index contributed by atoms with van der Waals surface area (Å²) in [5.74, 6) is 0.286. The van der Waals surface area contributed by atoms with E-state index in [-0.39, 0.29) is 12.0 Å². The van der Waals surface area contributed by atoms with Crippen molar-refractivity contribution < 1.29 is 4.42 Å². The van der Waals surface area contributed by atoms with Crippen LogP contribution < -0.4 is 10.6 Å². The third kappa shape index (κ3) is 3.00. The molecular weight excluding hydrogens is 508 g/mol. The molecule has 40 heavy (non-hydrogen) atoms. The summed E-state index contributed by atoms with van der Waals surface area (Å²) in [7, 11) is 0. The average Bonchev–Trinajstić information content (AvgIpc) is 3.66. The number of anilines is 3. The number of nitrogen functional groups attached to an aromatic ring is 1. The standard InChI is InChI=1S/C36H24N2OS/c37-22-14-16-30(27(20-22)21-13-17-32-28(19-21)24-8-2-5-11-31(24)39-32)38-29-10-4-1-7-23(29)25-15-18-34-35(36(25)38)26-9-3-6-12-33(26)40-34/h1-20,23,29H,37H2. The monoisotopic (exact) mass is 532 g/mol. The normalized spacial score (nSPS) is 17.9. The van der Waals surface area contributed by atoms with Gasteiger partial charge in [-0.15, -0.1) is 11.3 Å². The van der Waals surface area contributed by atoms with Crippen LogP contribution in [0.5, 0.6) is 0 Å². The van der Waals surface area contributed by atoms with Crippen molar-refractivity contribution in [2.45, 2.75) is 12.0 Å². The molecule has 2 aliphatic rings. The highest BCUT2D eigenvalue weighted by atomic mass is 32.1. The average molecular weight is 533 g/mol. The summed E-state index contributed by atoms with van der Waals surface area (Å²) in [5, 5.41) is 4.91. The Labute approximate surface area is 235 Å². The van der Waals surface area contributed by atoms with Crippen LogP contribution in [0.4, 0.5) is 17.1 Å². The Bertz CT molecular complexity index is 2220. The molecule has 4 heteroatoms. The number of nitrogens with zero attached hydrogens (tertiary/aromatic N) is 1. The lowest BCUT2D eigenvalue weighted by atomic mass is 9.91. The van der Waals surface area contributed by atoms with E-state index in [9.17, 15) is 0 Å². The van der Waals surface area contributed by atoms with Gasteiger partial charge in [0.15, 0.2) is 0 Å². The van der Waals surface area contributed by atoms with Crippen molar-refractivity contribution in [3.63, 3.8) is 0 Å². The second-order valence-corrected chi connectivity index (χ2v) is 11.8. The van der Waals surface area contributed by atoms with Gasteiger partial charge >= 0.3 is 0 Å². The zero-order chi connectivity index (χ0) is 26.4. The summed E-state index contributed by atoms with van der Waals surface area (Å²) >= 11 is 1.87. The quantitative estimate of drug-likeness (QED) is 0.225. The highest BCUT2D eigenvalue weighted by molar-refractivity contribution is 7.26. The van der Waals surface area contributed by atoms with Gasteiger partial charge in [-0.2, -0.15) is 0 Å². The summed E-state index contributed by atoms with van der Waals surface area (Å²) < 4.78 is 8.78. The smallest absolute Gasteiger partial charge is 0.135 e. The minimum atomic E-state index is 0.185. The molecule has 2 aromatic heterocycles. The first-order valence-corrected chi connectivity index (χ1v) is 14.5. The Morgan fingerprint density at radius 3 is 2.48 bits per heavy atom. The highest BCUT2D eigenvalue weighted by Crippen LogP contribution is 2.55. The maximum atomic E-state index is 6.46. The molecule has 2 unspecified atom stereocenters. The van der Waals surface area contributed by atoms with Gasteiger partial charge in [0.25, 0.3) is 0 Å². The van der Waals surface area contributed by atoms with Crippen molar-refractivity contribution in [1.82, 2.24) is 0 Å². The molecule has 2 atom stereocenters. The van der Waals surface area contributed by atoms with E-state index in [1.54, 1.807) is 0 Å². The van der Waals surface area contributed by atoms with Gasteiger partial charge < -0.3 is 15.1 Å². The number of benzene rings is 5. The zero-order valence-corrected chi connectivity index (χ0v) is 22.4. The summed E-state index contributed by atoms with van der Waals surface area (Å²) in [6, 6.07) is 34.7. The predicted molar refractivity (Wildman–Crippen MR) is 170 cm³/mol. The second kappa shape index (κ2) is 8.10. The molecule has 1 aliphatic carbocycles. The van der Waals surface area contributed by atoms with E-state index in [4.69, 9.17) is 10.2 Å². The first kappa shape index (κ1) is 22.1. The Morgan fingerprint density at radius 1 is 0.700 bits per heavy atom. The minimum Gasteiger partial charge on any atom is -0.456 e.